The van der Waals surface area contributed by atoms with Gasteiger partial charge in [-0.25, -0.2) is 21.6 Å². The number of tetrazole rings is 1. The van der Waals surface area contributed by atoms with Crippen LogP contribution in [0.4, 0.5) is 5.95 Å². The van der Waals surface area contributed by atoms with Crippen molar-refractivity contribution in [3.8, 4) is 23.0 Å². The number of aliphatic hydroxyl groups excluding tert-OH is 3. The number of anilines is 1. The second kappa shape index (κ2) is 49.1. The summed E-state index contributed by atoms with van der Waals surface area (Å²) in [6.07, 6.45) is 7.68. The molecule has 9 aromatic rings. The first-order valence-electron chi connectivity index (χ1n) is 48.4. The van der Waals surface area contributed by atoms with Crippen molar-refractivity contribution in [1.29, 1.82) is 0 Å². The number of aryl methyl sites for hydroxylation is 8. The Kier molecular flexibility index (Phi) is 41.4. The molecule has 1 heterocycles. The van der Waals surface area contributed by atoms with E-state index in [1.165, 1.54) is 45.2 Å². The summed E-state index contributed by atoms with van der Waals surface area (Å²) in [7, 11) is -6.09. The minimum Gasteiger partial charge on any atom is -0.491 e. The minimum atomic E-state index is -3.13. The highest BCUT2D eigenvalue weighted by molar-refractivity contribution is 7.90. The lowest BCUT2D eigenvalue weighted by molar-refractivity contribution is -0.128. The van der Waals surface area contributed by atoms with E-state index in [2.05, 4.69) is 178 Å². The van der Waals surface area contributed by atoms with Crippen LogP contribution in [-0.2, 0) is 52.7 Å². The van der Waals surface area contributed by atoms with Crippen molar-refractivity contribution in [2.24, 2.45) is 21.7 Å². The largest absolute Gasteiger partial charge is 0.491 e. The van der Waals surface area contributed by atoms with E-state index < -0.39 is 49.4 Å². The Morgan fingerprint density at radius 2 is 0.730 bits per heavy atom. The van der Waals surface area contributed by atoms with E-state index in [0.29, 0.717) is 29.8 Å². The lowest BCUT2D eigenvalue weighted by Crippen LogP contribution is -2.39. The third-order valence-electron chi connectivity index (χ3n) is 27.6. The summed E-state index contributed by atoms with van der Waals surface area (Å²) in [4.78, 5) is 49.1. The van der Waals surface area contributed by atoms with Gasteiger partial charge in [-0.15, -0.1) is 5.10 Å². The molecule has 4 atom stereocenters. The number of hydrogen-bond donors (Lipinski definition) is 8. The molecular weight excluding hydrogens is 1760 g/mol. The number of amides is 2. The fourth-order valence-electron chi connectivity index (χ4n) is 17.6. The number of hydrogen-bond acceptors (Lipinski definition) is 19. The quantitative estimate of drug-likeness (QED) is 0.0165. The van der Waals surface area contributed by atoms with Crippen LogP contribution in [0.3, 0.4) is 0 Å². The first-order chi connectivity index (χ1) is 63.8. The number of rotatable bonds is 40. The van der Waals surface area contributed by atoms with Crippen molar-refractivity contribution in [2.75, 3.05) is 62.2 Å². The molecular formula is C112H161N7O16S2. The van der Waals surface area contributed by atoms with Crippen LogP contribution in [0.25, 0.3) is 0 Å². The van der Waals surface area contributed by atoms with E-state index >= 15 is 0 Å². The maximum absolute atomic E-state index is 12.7. The molecule has 0 saturated heterocycles. The molecule has 0 fully saturated rings. The summed E-state index contributed by atoms with van der Waals surface area (Å²) in [5.74, 6) is 1.91. The SMILES string of the molecule is CCC(CC)(c1ccc(CNCCS(C)(=O)=O)c(C)c1)c1ccc(OCC(=O)C(C)(C)C)c(C)c1.CCC(CC)(c1ccc(OC(C)C(O)C(C)(C)C)c(C)c1)c1ccc(C(=O)O)c(C)c1.CCC(CC)(c1ccc(OCC(O)C(C)(C)C)c(C)c1)c1ccc(C(=O)NCCS(C)(=O)=O)c(C)c1.CCC(CC)(c1ccc(OCC(O)C(C)(C)C)c(C)c1)c1ccc(C(=O)Nc2nn[nH]n2)c(C)c1. The van der Waals surface area contributed by atoms with E-state index in [9.17, 15) is 56.4 Å². The molecule has 0 aliphatic carbocycles. The molecule has 0 bridgehead atoms. The van der Waals surface area contributed by atoms with Gasteiger partial charge in [0.2, 0.25) is 0 Å². The van der Waals surface area contributed by atoms with Gasteiger partial charge in [-0.1, -0.05) is 247 Å². The van der Waals surface area contributed by atoms with Crippen LogP contribution in [0, 0.1) is 77.0 Å². The number of benzene rings is 8. The molecule has 4 unspecified atom stereocenters. The molecule has 1 aromatic heterocycles. The monoisotopic (exact) mass is 1920 g/mol. The molecule has 25 heteroatoms. The Morgan fingerprint density at radius 3 is 1.04 bits per heavy atom. The number of Topliss-reactive ketones (excluding diaryl/α,β-unsaturated/α-hetero) is 1. The van der Waals surface area contributed by atoms with E-state index in [1.54, 1.807) is 6.07 Å². The smallest absolute Gasteiger partial charge is 0.335 e. The molecule has 137 heavy (non-hydrogen) atoms. The molecule has 0 spiro atoms. The Balaban J connectivity index is 0.000000281. The summed E-state index contributed by atoms with van der Waals surface area (Å²) >= 11 is 0. The molecule has 752 valence electrons. The lowest BCUT2D eigenvalue weighted by atomic mass is 9.70. The van der Waals surface area contributed by atoms with Crippen LogP contribution in [0.2, 0.25) is 0 Å². The summed E-state index contributed by atoms with van der Waals surface area (Å²) in [6, 6.07) is 49.3. The first-order valence-corrected chi connectivity index (χ1v) is 52.5. The number of aliphatic hydroxyl groups is 3. The normalized spacial score (nSPS) is 13.2. The van der Waals surface area contributed by atoms with Crippen LogP contribution in [0.5, 0.6) is 23.0 Å². The Bertz CT molecular complexity index is 5760. The van der Waals surface area contributed by atoms with Crippen LogP contribution >= 0.6 is 0 Å². The van der Waals surface area contributed by atoms with Crippen molar-refractivity contribution in [3.05, 3.63) is 257 Å². The highest BCUT2D eigenvalue weighted by Crippen LogP contribution is 2.47. The Labute approximate surface area is 819 Å². The molecule has 8 aromatic carbocycles. The van der Waals surface area contributed by atoms with Gasteiger partial charge in [0.25, 0.3) is 17.8 Å². The number of sulfone groups is 2. The van der Waals surface area contributed by atoms with Gasteiger partial charge in [0.1, 0.15) is 68.6 Å². The van der Waals surface area contributed by atoms with Crippen molar-refractivity contribution < 1.29 is 75.4 Å². The zero-order valence-corrected chi connectivity index (χ0v) is 89.5. The third-order valence-corrected chi connectivity index (χ3v) is 29.5. The lowest BCUT2D eigenvalue weighted by Gasteiger charge is -2.35. The fourth-order valence-corrected chi connectivity index (χ4v) is 18.6. The van der Waals surface area contributed by atoms with Crippen molar-refractivity contribution in [1.82, 2.24) is 31.3 Å². The number of aromatic carboxylic acids is 1. The number of aromatic nitrogens is 4. The molecule has 8 N–H and O–H groups in total. The highest BCUT2D eigenvalue weighted by Gasteiger charge is 2.39. The fraction of sp³-hybridized carbons (Fsp3) is 0.527. The third kappa shape index (κ3) is 30.7. The number of H-pyrrole nitrogens is 1. The maximum Gasteiger partial charge on any atom is 0.335 e. The maximum atomic E-state index is 12.7. The minimum absolute atomic E-state index is 0.0786. The Hall–Kier alpha value is -10.2. The molecule has 23 nitrogen and oxygen atoms in total. The van der Waals surface area contributed by atoms with Crippen LogP contribution in [0.1, 0.15) is 322 Å². The second-order valence-electron chi connectivity index (χ2n) is 41.5. The van der Waals surface area contributed by atoms with Gasteiger partial charge in [-0.2, -0.15) is 5.21 Å². The summed E-state index contributed by atoms with van der Waals surface area (Å²) in [6.45, 7) is 60.8. The van der Waals surface area contributed by atoms with E-state index in [4.69, 9.17) is 18.9 Å². The summed E-state index contributed by atoms with van der Waals surface area (Å²) in [5.41, 5.74) is 18.0. The number of carboxylic acids is 1. The van der Waals surface area contributed by atoms with E-state index in [1.807, 2.05) is 199 Å². The number of carbonyl (C=O) groups is 4. The zero-order valence-electron chi connectivity index (χ0n) is 87.8. The van der Waals surface area contributed by atoms with Gasteiger partial charge in [-0.3, -0.25) is 19.7 Å². The second-order valence-corrected chi connectivity index (χ2v) is 46.0. The van der Waals surface area contributed by atoms with Gasteiger partial charge in [-0.05, 0) is 272 Å². The highest BCUT2D eigenvalue weighted by atomic mass is 32.2. The number of aromatic amines is 1. The van der Waals surface area contributed by atoms with Gasteiger partial charge in [0.15, 0.2) is 5.78 Å². The molecule has 0 radical (unpaired) electrons. The van der Waals surface area contributed by atoms with Gasteiger partial charge < -0.3 is 50.0 Å². The summed E-state index contributed by atoms with van der Waals surface area (Å²) in [5, 5.41) is 62.6. The molecule has 0 saturated carbocycles. The molecule has 0 aliphatic heterocycles. The van der Waals surface area contributed by atoms with Gasteiger partial charge >= 0.3 is 5.97 Å². The predicted octanol–water partition coefficient (Wildman–Crippen LogP) is 21.8. The molecule has 2 amide bonds. The van der Waals surface area contributed by atoms with Crippen LogP contribution in [-0.4, -0.2) is 163 Å². The van der Waals surface area contributed by atoms with Crippen LogP contribution < -0.4 is 34.9 Å². The number of ketones is 1. The number of carboxylic acid groups (broad SMARTS) is 1. The topological polar surface area (TPSA) is 345 Å². The summed E-state index contributed by atoms with van der Waals surface area (Å²) < 4.78 is 69.3. The van der Waals surface area contributed by atoms with Gasteiger partial charge in [0, 0.05) is 70.3 Å². The molecule has 9 rings (SSSR count). The van der Waals surface area contributed by atoms with Crippen LogP contribution in [0.15, 0.2) is 146 Å². The van der Waals surface area contributed by atoms with E-state index in [-0.39, 0.29) is 105 Å². The Morgan fingerprint density at radius 1 is 0.409 bits per heavy atom. The first kappa shape index (κ1) is 116. The average Bonchev–Trinajstić information content (AvgIpc) is 0.962. The van der Waals surface area contributed by atoms with Gasteiger partial charge in [0.05, 0.1) is 35.4 Å². The average molecular weight is 1930 g/mol. The molecule has 0 aliphatic rings. The van der Waals surface area contributed by atoms with Crippen molar-refractivity contribution in [3.63, 3.8) is 0 Å². The number of nitrogens with one attached hydrogen (secondary N) is 4. The zero-order chi connectivity index (χ0) is 103. The predicted molar refractivity (Wildman–Crippen MR) is 555 cm³/mol. The standard InChI is InChI=1S/C29H43NO5S.C29H43NO4S.C27H37N5O3.C27H38O4/c1-9-29(10-2,23-12-14-25(21(4)18-23)35-19-26(31)28(5,6)7)22-11-13-24(20(3)17-22)27(32)30-15-16-36(8,33)34;1-9-29(10-2,24-12-11-23(21(3)17-24)19-30-15-16-35(8,32)33)25-13-14-26(22(4)18-25)34-20-27(31)28(5,6)7;1-8-27(9-2,20-11-13-22(18(4)15-20)35-16-23(33)26(5,6)7)19-10-12-21(17(3)14-19)24(34)28-25-29-31-32-30-25;1-9-27(10-2,20-11-13-22(25(29)30)17(3)15-20)21-12-14-23(18(4)16-21)31-19(5)24(28)26(6,7)8/h11-14,17-18,26,31H,9-10,15-16,19H2,1-8H3,(H,30,32);11-14,17-18,30H,9-10,15-16,19-20H2,1-8H3;10-15,23,33H,8-9,16H2,1-7H3,(H2,28,29,30,31,32,34);11-16,19,24,28H,9-10H2,1-8H3,(H,29,30). The van der Waals surface area contributed by atoms with Crippen molar-refractivity contribution >= 4 is 49.2 Å². The number of ether oxygens (including phenoxy) is 4. The van der Waals surface area contributed by atoms with E-state index in [0.717, 1.165) is 136 Å². The van der Waals surface area contributed by atoms with Crippen molar-refractivity contribution in [2.45, 2.75) is 305 Å². The number of nitrogens with zero attached hydrogens (tertiary/aromatic N) is 3. The number of carbonyl (C=O) groups excluding carboxylic acids is 3.